The fourth-order valence-electron chi connectivity index (χ4n) is 2.36. The van der Waals surface area contributed by atoms with Gasteiger partial charge in [0, 0.05) is 19.3 Å². The van der Waals surface area contributed by atoms with Gasteiger partial charge in [0.05, 0.1) is 23.1 Å². The zero-order valence-electron chi connectivity index (χ0n) is 10.9. The second-order valence-electron chi connectivity index (χ2n) is 4.65. The molecule has 2 heterocycles. The number of benzene rings is 1. The summed E-state index contributed by atoms with van der Waals surface area (Å²) in [7, 11) is 0. The van der Waals surface area contributed by atoms with E-state index in [1.54, 1.807) is 11.0 Å². The van der Waals surface area contributed by atoms with E-state index in [0.29, 0.717) is 6.54 Å². The van der Waals surface area contributed by atoms with Crippen LogP contribution in [0.15, 0.2) is 42.7 Å². The minimum absolute atomic E-state index is 0.0906. The third-order valence-corrected chi connectivity index (χ3v) is 3.34. The Labute approximate surface area is 116 Å². The molecule has 1 amide bonds. The third-order valence-electron chi connectivity index (χ3n) is 3.34. The van der Waals surface area contributed by atoms with Crippen LogP contribution in [0.2, 0.25) is 0 Å². The first-order valence-corrected chi connectivity index (χ1v) is 6.55. The Morgan fingerprint density at radius 3 is 3.00 bits per heavy atom. The van der Waals surface area contributed by atoms with Gasteiger partial charge in [-0.3, -0.25) is 9.78 Å². The molecular formula is C15H15N3O2. The van der Waals surface area contributed by atoms with Crippen molar-refractivity contribution in [1.29, 1.82) is 0 Å². The molecule has 0 saturated carbocycles. The molecule has 0 saturated heterocycles. The van der Waals surface area contributed by atoms with E-state index in [0.717, 1.165) is 24.3 Å². The summed E-state index contributed by atoms with van der Waals surface area (Å²) in [6, 6.07) is 9.23. The number of anilines is 2. The van der Waals surface area contributed by atoms with Crippen molar-refractivity contribution in [3.8, 4) is 5.75 Å². The average Bonchev–Trinajstić information content (AvgIpc) is 2.69. The lowest BCUT2D eigenvalue weighted by Gasteiger charge is -2.22. The van der Waals surface area contributed by atoms with Gasteiger partial charge < -0.3 is 15.3 Å². The van der Waals surface area contributed by atoms with E-state index in [9.17, 15) is 9.90 Å². The van der Waals surface area contributed by atoms with E-state index in [1.807, 2.05) is 24.3 Å². The maximum absolute atomic E-state index is 12.6. The number of para-hydroxylation sites is 2. The van der Waals surface area contributed by atoms with Gasteiger partial charge in [-0.2, -0.15) is 0 Å². The Morgan fingerprint density at radius 2 is 2.15 bits per heavy atom. The number of aromatic nitrogens is 1. The van der Waals surface area contributed by atoms with Crippen molar-refractivity contribution in [2.45, 2.75) is 6.42 Å². The lowest BCUT2D eigenvalue weighted by Crippen LogP contribution is -2.31. The van der Waals surface area contributed by atoms with E-state index in [2.05, 4.69) is 10.3 Å². The molecule has 102 valence electrons. The number of nitrogens with zero attached hydrogens (tertiary/aromatic N) is 2. The van der Waals surface area contributed by atoms with Gasteiger partial charge in [-0.15, -0.1) is 0 Å². The Morgan fingerprint density at radius 1 is 1.30 bits per heavy atom. The minimum atomic E-state index is -0.207. The van der Waals surface area contributed by atoms with Crippen molar-refractivity contribution < 1.29 is 9.90 Å². The van der Waals surface area contributed by atoms with Crippen LogP contribution in [0.5, 0.6) is 5.75 Å². The molecule has 2 N–H and O–H groups in total. The monoisotopic (exact) mass is 269 g/mol. The summed E-state index contributed by atoms with van der Waals surface area (Å²) in [5, 5.41) is 13.1. The van der Waals surface area contributed by atoms with Gasteiger partial charge >= 0.3 is 0 Å². The lowest BCUT2D eigenvalue weighted by molar-refractivity contribution is 0.0984. The van der Waals surface area contributed by atoms with Crippen LogP contribution >= 0.6 is 0 Å². The van der Waals surface area contributed by atoms with Gasteiger partial charge in [0.25, 0.3) is 5.91 Å². The summed E-state index contributed by atoms with van der Waals surface area (Å²) < 4.78 is 0. The van der Waals surface area contributed by atoms with Crippen molar-refractivity contribution in [2.75, 3.05) is 23.3 Å². The maximum Gasteiger partial charge on any atom is 0.262 e. The summed E-state index contributed by atoms with van der Waals surface area (Å²) in [4.78, 5) is 18.1. The number of hydrogen-bond acceptors (Lipinski definition) is 4. The molecule has 2 aromatic rings. The molecule has 3 rings (SSSR count). The van der Waals surface area contributed by atoms with Crippen LogP contribution < -0.4 is 10.2 Å². The largest absolute Gasteiger partial charge is 0.505 e. The van der Waals surface area contributed by atoms with E-state index in [-0.39, 0.29) is 17.2 Å². The molecule has 5 nitrogen and oxygen atoms in total. The predicted octanol–water partition coefficient (Wildman–Crippen LogP) is 2.25. The van der Waals surface area contributed by atoms with Crippen molar-refractivity contribution >= 4 is 17.3 Å². The second-order valence-corrected chi connectivity index (χ2v) is 4.65. The first-order valence-electron chi connectivity index (χ1n) is 6.55. The summed E-state index contributed by atoms with van der Waals surface area (Å²) in [5.74, 6) is -0.298. The van der Waals surface area contributed by atoms with Crippen molar-refractivity contribution in [3.05, 3.63) is 48.3 Å². The Balaban J connectivity index is 2.02. The molecule has 5 heteroatoms. The van der Waals surface area contributed by atoms with E-state index < -0.39 is 0 Å². The summed E-state index contributed by atoms with van der Waals surface area (Å²) in [6.45, 7) is 1.44. The summed E-state index contributed by atoms with van der Waals surface area (Å²) >= 11 is 0. The molecule has 1 aliphatic rings. The normalized spacial score (nSPS) is 14.1. The SMILES string of the molecule is O=C(c1ccncc1O)N1CCCNc2ccccc21. The summed E-state index contributed by atoms with van der Waals surface area (Å²) in [6.07, 6.45) is 3.65. The topological polar surface area (TPSA) is 65.5 Å². The highest BCUT2D eigenvalue weighted by molar-refractivity contribution is 6.09. The van der Waals surface area contributed by atoms with Gasteiger partial charge in [0.15, 0.2) is 0 Å². The van der Waals surface area contributed by atoms with E-state index in [4.69, 9.17) is 0 Å². The number of rotatable bonds is 1. The molecule has 0 unspecified atom stereocenters. The van der Waals surface area contributed by atoms with Crippen molar-refractivity contribution in [3.63, 3.8) is 0 Å². The smallest absolute Gasteiger partial charge is 0.262 e. The molecule has 0 atom stereocenters. The summed E-state index contributed by atoms with van der Waals surface area (Å²) in [5.41, 5.74) is 2.05. The molecule has 1 aromatic carbocycles. The first-order chi connectivity index (χ1) is 9.77. The number of nitrogens with one attached hydrogen (secondary N) is 1. The van der Waals surface area contributed by atoms with Crippen LogP contribution in [-0.4, -0.2) is 29.1 Å². The number of carbonyl (C=O) groups is 1. The average molecular weight is 269 g/mol. The van der Waals surface area contributed by atoms with E-state index in [1.165, 1.54) is 12.4 Å². The molecule has 0 bridgehead atoms. The van der Waals surface area contributed by atoms with Crippen LogP contribution in [-0.2, 0) is 0 Å². The van der Waals surface area contributed by atoms with Crippen LogP contribution in [0, 0.1) is 0 Å². The van der Waals surface area contributed by atoms with Gasteiger partial charge in [-0.1, -0.05) is 12.1 Å². The Kier molecular flexibility index (Phi) is 3.25. The molecule has 0 radical (unpaired) electrons. The van der Waals surface area contributed by atoms with Gasteiger partial charge in [0.1, 0.15) is 5.75 Å². The van der Waals surface area contributed by atoms with Crippen LogP contribution in [0.1, 0.15) is 16.8 Å². The lowest BCUT2D eigenvalue weighted by atomic mass is 10.2. The minimum Gasteiger partial charge on any atom is -0.505 e. The standard InChI is InChI=1S/C15H15N3O2/c19-14-10-16-8-6-11(14)15(20)18-9-3-7-17-12-4-1-2-5-13(12)18/h1-2,4-6,8,10,17,19H,3,7,9H2. The van der Waals surface area contributed by atoms with Crippen LogP contribution in [0.4, 0.5) is 11.4 Å². The number of hydrogen-bond donors (Lipinski definition) is 2. The molecule has 0 spiro atoms. The first kappa shape index (κ1) is 12.5. The zero-order chi connectivity index (χ0) is 13.9. The van der Waals surface area contributed by atoms with Crippen LogP contribution in [0.25, 0.3) is 0 Å². The molecular weight excluding hydrogens is 254 g/mol. The van der Waals surface area contributed by atoms with Crippen molar-refractivity contribution in [2.24, 2.45) is 0 Å². The van der Waals surface area contributed by atoms with Gasteiger partial charge in [-0.25, -0.2) is 0 Å². The molecule has 20 heavy (non-hydrogen) atoms. The molecule has 1 aliphatic heterocycles. The quantitative estimate of drug-likeness (QED) is 0.833. The van der Waals surface area contributed by atoms with E-state index >= 15 is 0 Å². The predicted molar refractivity (Wildman–Crippen MR) is 77.1 cm³/mol. The molecule has 0 fully saturated rings. The van der Waals surface area contributed by atoms with Crippen molar-refractivity contribution in [1.82, 2.24) is 4.98 Å². The number of fused-ring (bicyclic) bond motifs is 1. The Hall–Kier alpha value is -2.56. The molecule has 1 aromatic heterocycles. The number of pyridine rings is 1. The molecule has 0 aliphatic carbocycles. The maximum atomic E-state index is 12.6. The highest BCUT2D eigenvalue weighted by atomic mass is 16.3. The van der Waals surface area contributed by atoms with Crippen LogP contribution in [0.3, 0.4) is 0 Å². The fourth-order valence-corrected chi connectivity index (χ4v) is 2.36. The fraction of sp³-hybridized carbons (Fsp3) is 0.200. The highest BCUT2D eigenvalue weighted by Gasteiger charge is 2.23. The number of carbonyl (C=O) groups excluding carboxylic acids is 1. The number of amides is 1. The van der Waals surface area contributed by atoms with Gasteiger partial charge in [0.2, 0.25) is 0 Å². The second kappa shape index (κ2) is 5.21. The zero-order valence-corrected chi connectivity index (χ0v) is 10.9. The van der Waals surface area contributed by atoms with Gasteiger partial charge in [-0.05, 0) is 24.6 Å². The Bertz CT molecular complexity index is 643. The third kappa shape index (κ3) is 2.18. The number of aromatic hydroxyl groups is 1. The highest BCUT2D eigenvalue weighted by Crippen LogP contribution is 2.30.